The zero-order valence-corrected chi connectivity index (χ0v) is 9.01. The fourth-order valence-corrected chi connectivity index (χ4v) is 1.93. The Bertz CT molecular complexity index is 754. The van der Waals surface area contributed by atoms with Gasteiger partial charge in [0.2, 0.25) is 0 Å². The highest BCUT2D eigenvalue weighted by atomic mass is 16.1. The molecule has 0 radical (unpaired) electrons. The molecule has 5 heteroatoms. The maximum Gasteiger partial charge on any atom is 0.283 e. The van der Waals surface area contributed by atoms with Crippen molar-refractivity contribution in [2.24, 2.45) is 7.05 Å². The summed E-state index contributed by atoms with van der Waals surface area (Å²) in [5, 5.41) is 4.76. The van der Waals surface area contributed by atoms with Gasteiger partial charge in [0.25, 0.3) is 5.56 Å². The van der Waals surface area contributed by atoms with Crippen molar-refractivity contribution in [3.63, 3.8) is 0 Å². The summed E-state index contributed by atoms with van der Waals surface area (Å²) >= 11 is 0. The minimum atomic E-state index is -0.121. The molecule has 0 aliphatic rings. The number of nitrogens with zero attached hydrogens (tertiary/aromatic N) is 4. The van der Waals surface area contributed by atoms with Crippen LogP contribution in [0.2, 0.25) is 0 Å². The van der Waals surface area contributed by atoms with E-state index in [4.69, 9.17) is 0 Å². The lowest BCUT2D eigenvalue weighted by atomic mass is 10.3. The highest BCUT2D eigenvalue weighted by Crippen LogP contribution is 2.10. The molecule has 0 aliphatic carbocycles. The Morgan fingerprint density at radius 3 is 3.00 bits per heavy atom. The van der Waals surface area contributed by atoms with Crippen LogP contribution in [0.4, 0.5) is 0 Å². The Labute approximate surface area is 91.0 Å². The van der Waals surface area contributed by atoms with Crippen molar-refractivity contribution >= 4 is 16.7 Å². The second kappa shape index (κ2) is 2.91. The molecule has 0 saturated carbocycles. The first kappa shape index (κ1) is 9.08. The van der Waals surface area contributed by atoms with Gasteiger partial charge < -0.3 is 4.57 Å². The topological polar surface area (TPSA) is 52.2 Å². The lowest BCUT2D eigenvalue weighted by Crippen LogP contribution is -2.18. The maximum absolute atomic E-state index is 12.1. The molecule has 0 saturated heterocycles. The molecule has 5 nitrogen and oxygen atoms in total. The smallest absolute Gasteiger partial charge is 0.283 e. The number of fused-ring (bicyclic) bond motifs is 2. The molecule has 0 atom stereocenters. The summed E-state index contributed by atoms with van der Waals surface area (Å²) in [5.74, 6) is 0. The van der Waals surface area contributed by atoms with Gasteiger partial charge in [-0.2, -0.15) is 9.61 Å². The van der Waals surface area contributed by atoms with Gasteiger partial charge in [-0.3, -0.25) is 4.79 Å². The Balaban J connectivity index is 2.71. The standard InChI is InChI=1S/C11H10N4O/c1-7-6-9-14(2)10-8(4-3-5-12-10)11(16)15(9)13-7/h3-6H,1-2H3. The number of pyridine rings is 1. The summed E-state index contributed by atoms with van der Waals surface area (Å²) in [6, 6.07) is 5.39. The summed E-state index contributed by atoms with van der Waals surface area (Å²) in [5.41, 5.74) is 2.14. The third-order valence-corrected chi connectivity index (χ3v) is 2.68. The third kappa shape index (κ3) is 1.02. The largest absolute Gasteiger partial charge is 0.313 e. The quantitative estimate of drug-likeness (QED) is 0.558. The molecule has 3 aromatic rings. The Morgan fingerprint density at radius 2 is 2.19 bits per heavy atom. The fraction of sp³-hybridized carbons (Fsp3) is 0.182. The SMILES string of the molecule is Cc1cc2n(C)c3ncccc3c(=O)n2n1. The number of hydrogen-bond donors (Lipinski definition) is 0. The molecule has 3 aromatic heterocycles. The van der Waals surface area contributed by atoms with Crippen LogP contribution in [0.3, 0.4) is 0 Å². The average molecular weight is 214 g/mol. The van der Waals surface area contributed by atoms with Gasteiger partial charge >= 0.3 is 0 Å². The van der Waals surface area contributed by atoms with Crippen molar-refractivity contribution in [2.75, 3.05) is 0 Å². The van der Waals surface area contributed by atoms with E-state index < -0.39 is 0 Å². The first-order chi connectivity index (χ1) is 7.68. The number of aromatic nitrogens is 4. The lowest BCUT2D eigenvalue weighted by molar-refractivity contribution is 0.839. The maximum atomic E-state index is 12.1. The van der Waals surface area contributed by atoms with E-state index in [0.29, 0.717) is 11.0 Å². The van der Waals surface area contributed by atoms with E-state index in [-0.39, 0.29) is 5.56 Å². The van der Waals surface area contributed by atoms with Gasteiger partial charge in [0.1, 0.15) is 11.3 Å². The number of rotatable bonds is 0. The molecule has 0 aliphatic heterocycles. The van der Waals surface area contributed by atoms with Gasteiger partial charge in [0.15, 0.2) is 0 Å². The molecule has 0 bridgehead atoms. The molecule has 0 fully saturated rings. The van der Waals surface area contributed by atoms with Crippen molar-refractivity contribution in [3.05, 3.63) is 40.4 Å². The van der Waals surface area contributed by atoms with Gasteiger partial charge in [-0.25, -0.2) is 4.98 Å². The van der Waals surface area contributed by atoms with E-state index in [1.807, 2.05) is 24.6 Å². The summed E-state index contributed by atoms with van der Waals surface area (Å²) in [6.07, 6.45) is 1.68. The van der Waals surface area contributed by atoms with Crippen LogP contribution in [0, 0.1) is 6.92 Å². The molecule has 80 valence electrons. The number of hydrogen-bond acceptors (Lipinski definition) is 3. The van der Waals surface area contributed by atoms with Crippen molar-refractivity contribution in [1.82, 2.24) is 19.2 Å². The summed E-state index contributed by atoms with van der Waals surface area (Å²) < 4.78 is 3.29. The van der Waals surface area contributed by atoms with Crippen LogP contribution in [0.15, 0.2) is 29.2 Å². The van der Waals surface area contributed by atoms with Crippen molar-refractivity contribution in [1.29, 1.82) is 0 Å². The molecule has 0 N–H and O–H groups in total. The summed E-state index contributed by atoms with van der Waals surface area (Å²) in [7, 11) is 1.88. The third-order valence-electron chi connectivity index (χ3n) is 2.68. The van der Waals surface area contributed by atoms with Crippen LogP contribution in [0.1, 0.15) is 5.69 Å². The van der Waals surface area contributed by atoms with Gasteiger partial charge in [-0.15, -0.1) is 0 Å². The predicted octanol–water partition coefficient (Wildman–Crippen LogP) is 0.890. The van der Waals surface area contributed by atoms with Crippen LogP contribution in [0.25, 0.3) is 16.7 Å². The van der Waals surface area contributed by atoms with E-state index >= 15 is 0 Å². The van der Waals surface area contributed by atoms with Crippen LogP contribution in [-0.2, 0) is 7.05 Å². The van der Waals surface area contributed by atoms with Gasteiger partial charge in [0, 0.05) is 19.3 Å². The molecule has 16 heavy (non-hydrogen) atoms. The Morgan fingerprint density at radius 1 is 1.38 bits per heavy atom. The molecule has 0 amide bonds. The van der Waals surface area contributed by atoms with E-state index in [2.05, 4.69) is 10.1 Å². The Hall–Kier alpha value is -2.17. The first-order valence-electron chi connectivity index (χ1n) is 4.98. The summed E-state index contributed by atoms with van der Waals surface area (Å²) in [4.78, 5) is 16.3. The van der Waals surface area contributed by atoms with Crippen molar-refractivity contribution in [2.45, 2.75) is 6.92 Å². The molecular formula is C11H10N4O. The van der Waals surface area contributed by atoms with Crippen LogP contribution < -0.4 is 5.56 Å². The number of aryl methyl sites for hydroxylation is 2. The zero-order valence-electron chi connectivity index (χ0n) is 9.01. The van der Waals surface area contributed by atoms with E-state index in [9.17, 15) is 4.79 Å². The highest BCUT2D eigenvalue weighted by Gasteiger charge is 2.10. The molecular weight excluding hydrogens is 204 g/mol. The molecule has 3 rings (SSSR count). The molecule has 0 spiro atoms. The summed E-state index contributed by atoms with van der Waals surface area (Å²) in [6.45, 7) is 1.87. The minimum absolute atomic E-state index is 0.121. The zero-order chi connectivity index (χ0) is 11.3. The monoisotopic (exact) mass is 214 g/mol. The fourth-order valence-electron chi connectivity index (χ4n) is 1.93. The van der Waals surface area contributed by atoms with E-state index in [1.54, 1.807) is 18.3 Å². The molecule has 0 aromatic carbocycles. The second-order valence-corrected chi connectivity index (χ2v) is 3.79. The first-order valence-corrected chi connectivity index (χ1v) is 4.98. The van der Waals surface area contributed by atoms with Crippen LogP contribution >= 0.6 is 0 Å². The van der Waals surface area contributed by atoms with Gasteiger partial charge in [-0.1, -0.05) is 0 Å². The normalized spacial score (nSPS) is 11.4. The molecule has 3 heterocycles. The van der Waals surface area contributed by atoms with E-state index in [0.717, 1.165) is 11.3 Å². The van der Waals surface area contributed by atoms with E-state index in [1.165, 1.54) is 4.52 Å². The van der Waals surface area contributed by atoms with Crippen molar-refractivity contribution < 1.29 is 0 Å². The van der Waals surface area contributed by atoms with Crippen LogP contribution in [0.5, 0.6) is 0 Å². The second-order valence-electron chi connectivity index (χ2n) is 3.79. The van der Waals surface area contributed by atoms with Crippen molar-refractivity contribution in [3.8, 4) is 0 Å². The minimum Gasteiger partial charge on any atom is -0.313 e. The van der Waals surface area contributed by atoms with Gasteiger partial charge in [-0.05, 0) is 19.1 Å². The van der Waals surface area contributed by atoms with Gasteiger partial charge in [0.05, 0.1) is 11.1 Å². The molecule has 0 unspecified atom stereocenters. The van der Waals surface area contributed by atoms with Crippen LogP contribution in [-0.4, -0.2) is 19.2 Å². The average Bonchev–Trinajstić information content (AvgIpc) is 2.68. The highest BCUT2D eigenvalue weighted by molar-refractivity contribution is 5.76. The Kier molecular flexibility index (Phi) is 1.65. The lowest BCUT2D eigenvalue weighted by Gasteiger charge is -2.05. The predicted molar refractivity (Wildman–Crippen MR) is 60.5 cm³/mol.